The predicted octanol–water partition coefficient (Wildman–Crippen LogP) is 2.30. The molecule has 31 heavy (non-hydrogen) atoms. The molecule has 0 radical (unpaired) electrons. The van der Waals surface area contributed by atoms with E-state index >= 15 is 0 Å². The molecule has 0 aliphatic carbocycles. The van der Waals surface area contributed by atoms with Crippen LogP contribution >= 0.6 is 11.3 Å². The Morgan fingerprint density at radius 2 is 2.03 bits per heavy atom. The summed E-state index contributed by atoms with van der Waals surface area (Å²) in [5.74, 6) is 1.37. The topological polar surface area (TPSA) is 120 Å². The summed E-state index contributed by atoms with van der Waals surface area (Å²) < 4.78 is 11.5. The highest BCUT2D eigenvalue weighted by molar-refractivity contribution is 7.18. The minimum Gasteiger partial charge on any atom is -0.424 e. The monoisotopic (exact) mass is 441 g/mol. The number of benzene rings is 1. The molecule has 0 unspecified atom stereocenters. The third kappa shape index (κ3) is 4.89. The summed E-state index contributed by atoms with van der Waals surface area (Å²) in [7, 11) is 3.42. The molecule has 1 aliphatic heterocycles. The van der Waals surface area contributed by atoms with Crippen LogP contribution in [0, 0.1) is 0 Å². The number of anilines is 2. The lowest BCUT2D eigenvalue weighted by Crippen LogP contribution is -2.42. The van der Waals surface area contributed by atoms with Crippen molar-refractivity contribution in [2.75, 3.05) is 44.4 Å². The second-order valence-electron chi connectivity index (χ2n) is 7.26. The summed E-state index contributed by atoms with van der Waals surface area (Å²) >= 11 is 1.29. The van der Waals surface area contributed by atoms with Crippen molar-refractivity contribution in [2.45, 2.75) is 13.0 Å². The second-order valence-corrected chi connectivity index (χ2v) is 8.32. The minimum atomic E-state index is -0.0829. The fourth-order valence-corrected chi connectivity index (χ4v) is 3.68. The maximum atomic E-state index is 12.1. The first kappa shape index (κ1) is 20.9. The van der Waals surface area contributed by atoms with Crippen LogP contribution < -0.4 is 15.4 Å². The number of amides is 1. The maximum Gasteiger partial charge on any atom is 0.327 e. The van der Waals surface area contributed by atoms with Crippen molar-refractivity contribution in [1.82, 2.24) is 24.8 Å². The van der Waals surface area contributed by atoms with Crippen molar-refractivity contribution >= 4 is 28.3 Å². The van der Waals surface area contributed by atoms with Crippen molar-refractivity contribution in [3.8, 4) is 22.5 Å². The SMILES string of the molecule is C[C@H]1CN(c2nc(Oc3ccc(C(=O)N(C)C)cc3)nc(-c3cnc(N)s3)n2)CCO1. The van der Waals surface area contributed by atoms with Crippen LogP contribution in [0.4, 0.5) is 11.1 Å². The summed E-state index contributed by atoms with van der Waals surface area (Å²) in [6.07, 6.45) is 1.70. The first-order valence-electron chi connectivity index (χ1n) is 9.73. The Morgan fingerprint density at radius 1 is 1.26 bits per heavy atom. The van der Waals surface area contributed by atoms with Crippen LogP contribution in [0.15, 0.2) is 30.5 Å². The van der Waals surface area contributed by atoms with E-state index in [1.165, 1.54) is 16.2 Å². The van der Waals surface area contributed by atoms with Gasteiger partial charge in [0, 0.05) is 32.7 Å². The summed E-state index contributed by atoms with van der Waals surface area (Å²) in [6.45, 7) is 3.92. The molecular weight excluding hydrogens is 418 g/mol. The summed E-state index contributed by atoms with van der Waals surface area (Å²) in [4.78, 5) is 34.0. The van der Waals surface area contributed by atoms with E-state index in [9.17, 15) is 4.79 Å². The first-order valence-corrected chi connectivity index (χ1v) is 10.5. The van der Waals surface area contributed by atoms with Crippen LogP contribution in [0.1, 0.15) is 17.3 Å². The molecule has 1 fully saturated rings. The summed E-state index contributed by atoms with van der Waals surface area (Å²) in [5.41, 5.74) is 6.35. The quantitative estimate of drug-likeness (QED) is 0.636. The van der Waals surface area contributed by atoms with E-state index in [1.54, 1.807) is 44.6 Å². The van der Waals surface area contributed by atoms with Gasteiger partial charge in [-0.3, -0.25) is 4.79 Å². The lowest BCUT2D eigenvalue weighted by molar-refractivity contribution is 0.0526. The molecule has 3 aromatic rings. The number of nitrogen functional groups attached to an aromatic ring is 1. The second kappa shape index (κ2) is 8.82. The molecule has 2 aromatic heterocycles. The molecule has 4 rings (SSSR count). The van der Waals surface area contributed by atoms with Crippen molar-refractivity contribution in [3.05, 3.63) is 36.0 Å². The summed E-state index contributed by atoms with van der Waals surface area (Å²) in [5, 5.41) is 0.431. The number of nitrogens with two attached hydrogens (primary N) is 1. The Hall–Kier alpha value is -3.31. The Labute approximate surface area is 183 Å². The third-order valence-electron chi connectivity index (χ3n) is 4.59. The van der Waals surface area contributed by atoms with E-state index in [2.05, 4.69) is 19.9 Å². The number of hydrogen-bond donors (Lipinski definition) is 1. The molecule has 3 heterocycles. The standard InChI is InChI=1S/C20H23N7O3S/c1-12-11-27(8-9-29-12)19-23-16(15-10-22-18(21)31-15)24-20(25-19)30-14-6-4-13(5-7-14)17(28)26(2)3/h4-7,10,12H,8-9,11H2,1-3H3,(H2,21,22)/t12-/m0/s1. The Kier molecular flexibility index (Phi) is 5.96. The molecule has 10 nitrogen and oxygen atoms in total. The number of aromatic nitrogens is 4. The lowest BCUT2D eigenvalue weighted by Gasteiger charge is -2.31. The van der Waals surface area contributed by atoms with E-state index in [1.807, 2.05) is 11.8 Å². The average molecular weight is 442 g/mol. The zero-order valence-electron chi connectivity index (χ0n) is 17.5. The van der Waals surface area contributed by atoms with Gasteiger partial charge in [-0.2, -0.15) is 15.0 Å². The highest BCUT2D eigenvalue weighted by Gasteiger charge is 2.22. The average Bonchev–Trinajstić information content (AvgIpc) is 3.20. The van der Waals surface area contributed by atoms with E-state index in [0.717, 1.165) is 4.88 Å². The smallest absolute Gasteiger partial charge is 0.327 e. The molecule has 1 aliphatic rings. The highest BCUT2D eigenvalue weighted by atomic mass is 32.1. The molecule has 1 aromatic carbocycles. The van der Waals surface area contributed by atoms with E-state index in [4.69, 9.17) is 15.2 Å². The van der Waals surface area contributed by atoms with E-state index in [0.29, 0.717) is 47.9 Å². The number of rotatable bonds is 5. The van der Waals surface area contributed by atoms with Crippen molar-refractivity contribution in [3.63, 3.8) is 0 Å². The van der Waals surface area contributed by atoms with Crippen LogP contribution in [-0.2, 0) is 4.74 Å². The number of carbonyl (C=O) groups excluding carboxylic acids is 1. The number of ether oxygens (including phenoxy) is 2. The van der Waals surface area contributed by atoms with Gasteiger partial charge in [-0.15, -0.1) is 0 Å². The number of carbonyl (C=O) groups is 1. The molecule has 162 valence electrons. The first-order chi connectivity index (χ1) is 14.9. The molecule has 0 bridgehead atoms. The summed E-state index contributed by atoms with van der Waals surface area (Å²) in [6, 6.07) is 6.98. The normalized spacial score (nSPS) is 16.2. The van der Waals surface area contributed by atoms with Gasteiger partial charge in [-0.05, 0) is 31.2 Å². The number of morpholine rings is 1. The Morgan fingerprint density at radius 3 is 2.68 bits per heavy atom. The largest absolute Gasteiger partial charge is 0.424 e. The highest BCUT2D eigenvalue weighted by Crippen LogP contribution is 2.29. The molecular formula is C20H23N7O3S. The molecule has 0 spiro atoms. The van der Waals surface area contributed by atoms with Gasteiger partial charge >= 0.3 is 6.01 Å². The van der Waals surface area contributed by atoms with Crippen molar-refractivity contribution < 1.29 is 14.3 Å². The van der Waals surface area contributed by atoms with Gasteiger partial charge in [0.05, 0.1) is 23.8 Å². The van der Waals surface area contributed by atoms with E-state index in [-0.39, 0.29) is 18.0 Å². The van der Waals surface area contributed by atoms with Crippen LogP contribution in [0.2, 0.25) is 0 Å². The fraction of sp³-hybridized carbons (Fsp3) is 0.350. The van der Waals surface area contributed by atoms with Gasteiger partial charge < -0.3 is 25.0 Å². The predicted molar refractivity (Wildman–Crippen MR) is 118 cm³/mol. The van der Waals surface area contributed by atoms with Crippen LogP contribution in [0.5, 0.6) is 11.8 Å². The zero-order valence-corrected chi connectivity index (χ0v) is 18.3. The molecule has 0 saturated carbocycles. The van der Waals surface area contributed by atoms with E-state index < -0.39 is 0 Å². The maximum absolute atomic E-state index is 12.1. The van der Waals surface area contributed by atoms with Gasteiger partial charge in [-0.1, -0.05) is 11.3 Å². The number of thiazole rings is 1. The van der Waals surface area contributed by atoms with Gasteiger partial charge in [-0.25, -0.2) is 4.98 Å². The lowest BCUT2D eigenvalue weighted by atomic mass is 10.2. The van der Waals surface area contributed by atoms with Crippen molar-refractivity contribution in [2.24, 2.45) is 0 Å². The number of nitrogens with zero attached hydrogens (tertiary/aromatic N) is 6. The van der Waals surface area contributed by atoms with Crippen molar-refractivity contribution in [1.29, 1.82) is 0 Å². The van der Waals surface area contributed by atoms with Gasteiger partial charge in [0.2, 0.25) is 5.95 Å². The number of hydrogen-bond acceptors (Lipinski definition) is 10. The third-order valence-corrected chi connectivity index (χ3v) is 5.41. The molecule has 11 heteroatoms. The zero-order chi connectivity index (χ0) is 22.0. The molecule has 1 amide bonds. The molecule has 1 atom stereocenters. The fourth-order valence-electron chi connectivity index (χ4n) is 3.06. The van der Waals surface area contributed by atoms with Gasteiger partial charge in [0.15, 0.2) is 11.0 Å². The van der Waals surface area contributed by atoms with Gasteiger partial charge in [0.1, 0.15) is 5.75 Å². The van der Waals surface area contributed by atoms with Crippen LogP contribution in [-0.4, -0.2) is 70.6 Å². The van der Waals surface area contributed by atoms with Crippen LogP contribution in [0.25, 0.3) is 10.7 Å². The Bertz CT molecular complexity index is 1070. The molecule has 2 N–H and O–H groups in total. The Balaban J connectivity index is 1.64. The van der Waals surface area contributed by atoms with Gasteiger partial charge in [0.25, 0.3) is 5.91 Å². The van der Waals surface area contributed by atoms with Crippen LogP contribution in [0.3, 0.4) is 0 Å². The molecule has 1 saturated heterocycles. The minimum absolute atomic E-state index is 0.0687.